The molecule has 0 bridgehead atoms. The number of piperidine rings is 1. The van der Waals surface area contributed by atoms with Gasteiger partial charge in [0.25, 0.3) is 0 Å². The van der Waals surface area contributed by atoms with Gasteiger partial charge in [-0.25, -0.2) is 0 Å². The molecule has 4 heteroatoms. The maximum absolute atomic E-state index is 6.15. The van der Waals surface area contributed by atoms with Crippen molar-refractivity contribution >= 4 is 39.1 Å². The second-order valence-corrected chi connectivity index (χ2v) is 6.35. The van der Waals surface area contributed by atoms with E-state index >= 15 is 0 Å². The van der Waals surface area contributed by atoms with E-state index in [-0.39, 0.29) is 0 Å². The molecule has 1 nitrogen and oxygen atoms in total. The number of alkyl halides is 1. The number of nitrogens with zero attached hydrogens (tertiary/aromatic N) is 1. The number of hydrogen-bond acceptors (Lipinski definition) is 1. The van der Waals surface area contributed by atoms with Gasteiger partial charge in [0.2, 0.25) is 0 Å². The Morgan fingerprint density at radius 3 is 2.94 bits per heavy atom. The molecular formula is C12H14BrCl2N. The Balaban J connectivity index is 2.05. The Morgan fingerprint density at radius 2 is 2.19 bits per heavy atom. The molecule has 0 saturated carbocycles. The maximum Gasteiger partial charge on any atom is 0.0452 e. The third-order valence-electron chi connectivity index (χ3n) is 2.85. The molecule has 0 spiro atoms. The van der Waals surface area contributed by atoms with E-state index in [0.29, 0.717) is 4.83 Å². The van der Waals surface area contributed by atoms with Gasteiger partial charge in [-0.1, -0.05) is 39.1 Å². The molecule has 0 aromatic heterocycles. The zero-order valence-corrected chi connectivity index (χ0v) is 12.0. The zero-order chi connectivity index (χ0) is 11.5. The van der Waals surface area contributed by atoms with Crippen molar-refractivity contribution in [3.8, 4) is 0 Å². The lowest BCUT2D eigenvalue weighted by molar-refractivity contribution is 0.228. The number of likely N-dealkylation sites (tertiary alicyclic amines) is 1. The summed E-state index contributed by atoms with van der Waals surface area (Å²) < 4.78 is 0. The van der Waals surface area contributed by atoms with Crippen LogP contribution in [0.2, 0.25) is 10.0 Å². The molecule has 0 N–H and O–H groups in total. The zero-order valence-electron chi connectivity index (χ0n) is 8.93. The highest BCUT2D eigenvalue weighted by Gasteiger charge is 2.18. The molecular weight excluding hydrogens is 309 g/mol. The van der Waals surface area contributed by atoms with Crippen LogP contribution < -0.4 is 0 Å². The van der Waals surface area contributed by atoms with E-state index in [4.69, 9.17) is 23.2 Å². The third kappa shape index (κ3) is 3.36. The lowest BCUT2D eigenvalue weighted by atomic mass is 10.1. The molecule has 0 radical (unpaired) electrons. The van der Waals surface area contributed by atoms with Gasteiger partial charge in [0.15, 0.2) is 0 Å². The second-order valence-electron chi connectivity index (χ2n) is 4.21. The fraction of sp³-hybridized carbons (Fsp3) is 0.500. The van der Waals surface area contributed by atoms with Crippen LogP contribution in [0.1, 0.15) is 18.4 Å². The SMILES string of the molecule is Clc1ccc(Cl)c(CN2CCCC(Br)C2)c1. The first kappa shape index (κ1) is 12.7. The van der Waals surface area contributed by atoms with Crippen molar-refractivity contribution in [2.75, 3.05) is 13.1 Å². The second kappa shape index (κ2) is 5.72. The Labute approximate surface area is 115 Å². The summed E-state index contributed by atoms with van der Waals surface area (Å²) >= 11 is 15.8. The van der Waals surface area contributed by atoms with Gasteiger partial charge >= 0.3 is 0 Å². The molecule has 16 heavy (non-hydrogen) atoms. The van der Waals surface area contributed by atoms with Gasteiger partial charge in [0.05, 0.1) is 0 Å². The number of hydrogen-bond donors (Lipinski definition) is 0. The van der Waals surface area contributed by atoms with E-state index in [1.165, 1.54) is 12.8 Å². The predicted octanol–water partition coefficient (Wildman–Crippen LogP) is 4.35. The first-order valence-electron chi connectivity index (χ1n) is 5.45. The molecule has 1 aromatic carbocycles. The lowest BCUT2D eigenvalue weighted by Crippen LogP contribution is -2.35. The quantitative estimate of drug-likeness (QED) is 0.731. The van der Waals surface area contributed by atoms with Gasteiger partial charge < -0.3 is 0 Å². The molecule has 1 heterocycles. The smallest absolute Gasteiger partial charge is 0.0452 e. The molecule has 1 atom stereocenters. The Bertz CT molecular complexity index is 370. The molecule has 1 aromatic rings. The van der Waals surface area contributed by atoms with Crippen molar-refractivity contribution in [2.24, 2.45) is 0 Å². The number of rotatable bonds is 2. The largest absolute Gasteiger partial charge is 0.298 e. The molecule has 1 fully saturated rings. The van der Waals surface area contributed by atoms with Crippen LogP contribution >= 0.6 is 39.1 Å². The monoisotopic (exact) mass is 321 g/mol. The summed E-state index contributed by atoms with van der Waals surface area (Å²) in [6.07, 6.45) is 2.51. The first-order chi connectivity index (χ1) is 7.65. The summed E-state index contributed by atoms with van der Waals surface area (Å²) in [4.78, 5) is 3.03. The van der Waals surface area contributed by atoms with Crippen LogP contribution in [-0.2, 0) is 6.54 Å². The topological polar surface area (TPSA) is 3.24 Å². The third-order valence-corrected chi connectivity index (χ3v) is 4.20. The molecule has 2 rings (SSSR count). The summed E-state index contributed by atoms with van der Waals surface area (Å²) in [5.41, 5.74) is 1.12. The van der Waals surface area contributed by atoms with Gasteiger partial charge in [-0.15, -0.1) is 0 Å². The molecule has 1 saturated heterocycles. The normalized spacial score (nSPS) is 22.3. The van der Waals surface area contributed by atoms with E-state index in [2.05, 4.69) is 20.8 Å². The Kier molecular flexibility index (Phi) is 4.54. The van der Waals surface area contributed by atoms with E-state index < -0.39 is 0 Å². The van der Waals surface area contributed by atoms with E-state index in [1.807, 2.05) is 18.2 Å². The minimum Gasteiger partial charge on any atom is -0.298 e. The fourth-order valence-electron chi connectivity index (χ4n) is 2.05. The first-order valence-corrected chi connectivity index (χ1v) is 7.12. The number of benzene rings is 1. The van der Waals surface area contributed by atoms with Crippen LogP contribution in [0.15, 0.2) is 18.2 Å². The fourth-order valence-corrected chi connectivity index (χ4v) is 3.15. The highest BCUT2D eigenvalue weighted by molar-refractivity contribution is 9.09. The minimum atomic E-state index is 0.610. The number of halogens is 3. The average molecular weight is 323 g/mol. The van der Waals surface area contributed by atoms with Crippen LogP contribution in [0.25, 0.3) is 0 Å². The van der Waals surface area contributed by atoms with E-state index in [9.17, 15) is 0 Å². The Hall–Kier alpha value is 0.240. The van der Waals surface area contributed by atoms with Crippen LogP contribution in [0.5, 0.6) is 0 Å². The van der Waals surface area contributed by atoms with Crippen molar-refractivity contribution in [1.82, 2.24) is 4.90 Å². The Morgan fingerprint density at radius 1 is 1.38 bits per heavy atom. The molecule has 88 valence electrons. The summed E-state index contributed by atoms with van der Waals surface area (Å²) in [5, 5.41) is 1.56. The van der Waals surface area contributed by atoms with Gasteiger partial charge in [-0.3, -0.25) is 4.90 Å². The molecule has 1 aliphatic heterocycles. The maximum atomic E-state index is 6.15. The summed E-state index contributed by atoms with van der Waals surface area (Å²) in [6.45, 7) is 3.12. The lowest BCUT2D eigenvalue weighted by Gasteiger charge is -2.30. The highest BCUT2D eigenvalue weighted by Crippen LogP contribution is 2.24. The van der Waals surface area contributed by atoms with Crippen LogP contribution in [0.4, 0.5) is 0 Å². The van der Waals surface area contributed by atoms with Crippen LogP contribution in [0, 0.1) is 0 Å². The summed E-state index contributed by atoms with van der Waals surface area (Å²) in [5.74, 6) is 0. The molecule has 1 unspecified atom stereocenters. The minimum absolute atomic E-state index is 0.610. The van der Waals surface area contributed by atoms with Crippen molar-refractivity contribution in [3.05, 3.63) is 33.8 Å². The van der Waals surface area contributed by atoms with E-state index in [1.54, 1.807) is 0 Å². The molecule has 1 aliphatic rings. The van der Waals surface area contributed by atoms with Crippen molar-refractivity contribution < 1.29 is 0 Å². The van der Waals surface area contributed by atoms with Crippen LogP contribution in [0.3, 0.4) is 0 Å². The van der Waals surface area contributed by atoms with Crippen molar-refractivity contribution in [1.29, 1.82) is 0 Å². The highest BCUT2D eigenvalue weighted by atomic mass is 79.9. The molecule has 0 amide bonds. The van der Waals surface area contributed by atoms with Gasteiger partial charge in [0.1, 0.15) is 0 Å². The predicted molar refractivity (Wildman–Crippen MR) is 73.7 cm³/mol. The van der Waals surface area contributed by atoms with Gasteiger partial charge in [-0.05, 0) is 43.1 Å². The van der Waals surface area contributed by atoms with Crippen molar-refractivity contribution in [3.63, 3.8) is 0 Å². The molecule has 0 aliphatic carbocycles. The average Bonchev–Trinajstić information content (AvgIpc) is 2.24. The van der Waals surface area contributed by atoms with Crippen LogP contribution in [-0.4, -0.2) is 22.8 Å². The van der Waals surface area contributed by atoms with Gasteiger partial charge in [0, 0.05) is 28.0 Å². The summed E-state index contributed by atoms with van der Waals surface area (Å²) in [7, 11) is 0. The standard InChI is InChI=1S/C12H14BrCl2N/c13-10-2-1-5-16(8-10)7-9-6-11(14)3-4-12(9)15/h3-4,6,10H,1-2,5,7-8H2. The van der Waals surface area contributed by atoms with Gasteiger partial charge in [-0.2, -0.15) is 0 Å². The van der Waals surface area contributed by atoms with Crippen molar-refractivity contribution in [2.45, 2.75) is 24.2 Å². The summed E-state index contributed by atoms with van der Waals surface area (Å²) in [6, 6.07) is 5.66. The van der Waals surface area contributed by atoms with E-state index in [0.717, 1.165) is 35.2 Å².